The van der Waals surface area contributed by atoms with Gasteiger partial charge in [-0.25, -0.2) is 4.98 Å². The minimum absolute atomic E-state index is 0.00757. The topological polar surface area (TPSA) is 46.0 Å². The normalized spacial score (nSPS) is 16.2. The Labute approximate surface area is 126 Å². The Morgan fingerprint density at radius 1 is 1.05 bits per heavy atom. The molecule has 3 rings (SSSR count). The minimum Gasteiger partial charge on any atom is -0.354 e. The fourth-order valence-corrected chi connectivity index (χ4v) is 2.45. The average molecular weight is 285 g/mol. The van der Waals surface area contributed by atoms with Gasteiger partial charge in [0.15, 0.2) is 0 Å². The summed E-state index contributed by atoms with van der Waals surface area (Å²) in [5.41, 5.74) is 1.09. The Kier molecular flexibility index (Phi) is 3.68. The molecule has 2 aromatic heterocycles. The minimum atomic E-state index is 0.00757. The first-order chi connectivity index (χ1) is 10.0. The molecule has 3 heterocycles. The summed E-state index contributed by atoms with van der Waals surface area (Å²) in [7, 11) is 0. The van der Waals surface area contributed by atoms with Crippen LogP contribution in [0.5, 0.6) is 0 Å². The molecule has 1 aliphatic rings. The molecule has 5 nitrogen and oxygen atoms in total. The van der Waals surface area contributed by atoms with Gasteiger partial charge in [0.25, 0.3) is 0 Å². The van der Waals surface area contributed by atoms with Gasteiger partial charge in [-0.1, -0.05) is 20.8 Å². The van der Waals surface area contributed by atoms with Crippen LogP contribution in [0.25, 0.3) is 5.95 Å². The predicted molar refractivity (Wildman–Crippen MR) is 85.1 cm³/mol. The molecule has 0 saturated carbocycles. The van der Waals surface area contributed by atoms with Crippen molar-refractivity contribution in [3.05, 3.63) is 36.3 Å². The SMILES string of the molecule is CC(C)(C)c1cc(N2CCNCC2)nc(-n2cccc2)n1. The van der Waals surface area contributed by atoms with Crippen molar-refractivity contribution in [2.45, 2.75) is 26.2 Å². The van der Waals surface area contributed by atoms with Gasteiger partial charge in [0.1, 0.15) is 5.82 Å². The third-order valence-electron chi connectivity index (χ3n) is 3.75. The molecular formula is C16H23N5. The van der Waals surface area contributed by atoms with Crippen LogP contribution in [0.15, 0.2) is 30.6 Å². The van der Waals surface area contributed by atoms with Crippen LogP contribution in [0.1, 0.15) is 26.5 Å². The maximum atomic E-state index is 4.76. The van der Waals surface area contributed by atoms with Crippen molar-refractivity contribution in [1.29, 1.82) is 0 Å². The van der Waals surface area contributed by atoms with E-state index in [2.05, 4.69) is 37.1 Å². The summed E-state index contributed by atoms with van der Waals surface area (Å²) in [6.07, 6.45) is 3.98. The number of aromatic nitrogens is 3. The van der Waals surface area contributed by atoms with E-state index < -0.39 is 0 Å². The number of hydrogen-bond donors (Lipinski definition) is 1. The van der Waals surface area contributed by atoms with Crippen molar-refractivity contribution in [3.8, 4) is 5.95 Å². The molecule has 0 radical (unpaired) electrons. The summed E-state index contributed by atoms with van der Waals surface area (Å²) in [5, 5.41) is 3.38. The highest BCUT2D eigenvalue weighted by atomic mass is 15.3. The third kappa shape index (κ3) is 3.08. The highest BCUT2D eigenvalue weighted by Crippen LogP contribution is 2.25. The van der Waals surface area contributed by atoms with Gasteiger partial charge in [0.05, 0.1) is 5.69 Å². The number of piperazine rings is 1. The van der Waals surface area contributed by atoms with Gasteiger partial charge in [-0.05, 0) is 12.1 Å². The fraction of sp³-hybridized carbons (Fsp3) is 0.500. The number of hydrogen-bond acceptors (Lipinski definition) is 4. The van der Waals surface area contributed by atoms with E-state index in [9.17, 15) is 0 Å². The first-order valence-electron chi connectivity index (χ1n) is 7.52. The van der Waals surface area contributed by atoms with Crippen LogP contribution in [-0.4, -0.2) is 40.7 Å². The summed E-state index contributed by atoms with van der Waals surface area (Å²) in [4.78, 5) is 11.8. The lowest BCUT2D eigenvalue weighted by atomic mass is 9.92. The van der Waals surface area contributed by atoms with Crippen molar-refractivity contribution >= 4 is 5.82 Å². The standard InChI is InChI=1S/C16H23N5/c1-16(2,3)13-12-14(20-10-6-17-7-11-20)19-15(18-13)21-8-4-5-9-21/h4-5,8-9,12,17H,6-7,10-11H2,1-3H3. The first-order valence-corrected chi connectivity index (χ1v) is 7.52. The van der Waals surface area contributed by atoms with Crippen molar-refractivity contribution in [2.75, 3.05) is 31.1 Å². The molecule has 0 aliphatic carbocycles. The largest absolute Gasteiger partial charge is 0.354 e. The van der Waals surface area contributed by atoms with Gasteiger partial charge in [-0.15, -0.1) is 0 Å². The molecule has 112 valence electrons. The fourth-order valence-electron chi connectivity index (χ4n) is 2.45. The monoisotopic (exact) mass is 285 g/mol. The Hall–Kier alpha value is -1.88. The van der Waals surface area contributed by atoms with E-state index in [-0.39, 0.29) is 5.41 Å². The maximum Gasteiger partial charge on any atom is 0.235 e. The Morgan fingerprint density at radius 2 is 1.71 bits per heavy atom. The van der Waals surface area contributed by atoms with Crippen LogP contribution >= 0.6 is 0 Å². The molecule has 1 aliphatic heterocycles. The molecule has 0 bridgehead atoms. The Morgan fingerprint density at radius 3 is 2.33 bits per heavy atom. The van der Waals surface area contributed by atoms with Crippen LogP contribution in [0.2, 0.25) is 0 Å². The number of nitrogens with zero attached hydrogens (tertiary/aromatic N) is 4. The molecule has 1 N–H and O–H groups in total. The second kappa shape index (κ2) is 5.48. The zero-order valence-electron chi connectivity index (χ0n) is 13.0. The van der Waals surface area contributed by atoms with E-state index in [0.717, 1.165) is 43.6 Å². The summed E-state index contributed by atoms with van der Waals surface area (Å²) >= 11 is 0. The molecular weight excluding hydrogens is 262 g/mol. The second-order valence-corrected chi connectivity index (χ2v) is 6.49. The first kappa shape index (κ1) is 14.1. The molecule has 2 aromatic rings. The van der Waals surface area contributed by atoms with Crippen molar-refractivity contribution in [3.63, 3.8) is 0 Å². The van der Waals surface area contributed by atoms with Crippen molar-refractivity contribution in [1.82, 2.24) is 19.9 Å². The maximum absolute atomic E-state index is 4.76. The van der Waals surface area contributed by atoms with Crippen LogP contribution in [0.3, 0.4) is 0 Å². The van der Waals surface area contributed by atoms with Crippen molar-refractivity contribution in [2.24, 2.45) is 0 Å². The highest BCUT2D eigenvalue weighted by Gasteiger charge is 2.21. The molecule has 0 atom stereocenters. The molecule has 5 heteroatoms. The quantitative estimate of drug-likeness (QED) is 0.916. The van der Waals surface area contributed by atoms with E-state index in [1.807, 2.05) is 29.1 Å². The van der Waals surface area contributed by atoms with Gasteiger partial charge in [0, 0.05) is 50.1 Å². The van der Waals surface area contributed by atoms with E-state index >= 15 is 0 Å². The third-order valence-corrected chi connectivity index (χ3v) is 3.75. The Bertz CT molecular complexity index is 592. The summed E-state index contributed by atoms with van der Waals surface area (Å²) in [6.45, 7) is 10.6. The summed E-state index contributed by atoms with van der Waals surface area (Å²) < 4.78 is 1.97. The lowest BCUT2D eigenvalue weighted by Crippen LogP contribution is -2.44. The molecule has 0 unspecified atom stereocenters. The van der Waals surface area contributed by atoms with Crippen molar-refractivity contribution < 1.29 is 0 Å². The molecule has 1 saturated heterocycles. The van der Waals surface area contributed by atoms with Gasteiger partial charge < -0.3 is 10.2 Å². The van der Waals surface area contributed by atoms with Crippen LogP contribution in [0.4, 0.5) is 5.82 Å². The molecule has 1 fully saturated rings. The van der Waals surface area contributed by atoms with Gasteiger partial charge >= 0.3 is 0 Å². The zero-order valence-corrected chi connectivity index (χ0v) is 13.0. The second-order valence-electron chi connectivity index (χ2n) is 6.49. The van der Waals surface area contributed by atoms with E-state index in [0.29, 0.717) is 0 Å². The molecule has 21 heavy (non-hydrogen) atoms. The number of nitrogens with one attached hydrogen (secondary N) is 1. The smallest absolute Gasteiger partial charge is 0.235 e. The lowest BCUT2D eigenvalue weighted by Gasteiger charge is -2.30. The molecule has 0 amide bonds. The van der Waals surface area contributed by atoms with E-state index in [4.69, 9.17) is 9.97 Å². The van der Waals surface area contributed by atoms with E-state index in [1.54, 1.807) is 0 Å². The van der Waals surface area contributed by atoms with Crippen LogP contribution in [-0.2, 0) is 5.41 Å². The van der Waals surface area contributed by atoms with Gasteiger partial charge in [-0.2, -0.15) is 4.98 Å². The van der Waals surface area contributed by atoms with Crippen LogP contribution in [0, 0.1) is 0 Å². The van der Waals surface area contributed by atoms with Gasteiger partial charge in [0.2, 0.25) is 5.95 Å². The van der Waals surface area contributed by atoms with Crippen LogP contribution < -0.4 is 10.2 Å². The average Bonchev–Trinajstić information content (AvgIpc) is 3.01. The lowest BCUT2D eigenvalue weighted by molar-refractivity contribution is 0.557. The number of anilines is 1. The van der Waals surface area contributed by atoms with E-state index in [1.165, 1.54) is 0 Å². The Balaban J connectivity index is 2.04. The molecule has 0 spiro atoms. The predicted octanol–water partition coefficient (Wildman–Crippen LogP) is 1.97. The summed E-state index contributed by atoms with van der Waals surface area (Å²) in [6, 6.07) is 6.13. The highest BCUT2D eigenvalue weighted by molar-refractivity contribution is 5.44. The van der Waals surface area contributed by atoms with Gasteiger partial charge in [-0.3, -0.25) is 4.57 Å². The molecule has 0 aromatic carbocycles. The number of rotatable bonds is 2. The zero-order chi connectivity index (χ0) is 14.9. The summed E-state index contributed by atoms with van der Waals surface area (Å²) in [5.74, 6) is 1.78.